The summed E-state index contributed by atoms with van der Waals surface area (Å²) in [4.78, 5) is 18.1. The number of anilines is 1. The quantitative estimate of drug-likeness (QED) is 0.907. The third kappa shape index (κ3) is 3.25. The zero-order valence-electron chi connectivity index (χ0n) is 12.5. The number of likely N-dealkylation sites (tertiary alicyclic amines) is 1. The molecule has 21 heavy (non-hydrogen) atoms. The molecule has 4 nitrogen and oxygen atoms in total. The highest BCUT2D eigenvalue weighted by atomic mass is 32.2. The maximum atomic E-state index is 12.7. The van der Waals surface area contributed by atoms with Crippen molar-refractivity contribution in [2.45, 2.75) is 36.7 Å². The van der Waals surface area contributed by atoms with Crippen molar-refractivity contribution in [1.82, 2.24) is 4.90 Å². The number of carbonyl (C=O) groups is 1. The third-order valence-corrected chi connectivity index (χ3v) is 5.47. The van der Waals surface area contributed by atoms with Crippen LogP contribution in [0.5, 0.6) is 0 Å². The van der Waals surface area contributed by atoms with Gasteiger partial charge in [-0.3, -0.25) is 9.69 Å². The number of nitrogens with two attached hydrogens (primary N) is 1. The van der Waals surface area contributed by atoms with Gasteiger partial charge in [0.1, 0.15) is 0 Å². The molecule has 1 amide bonds. The molecule has 0 radical (unpaired) electrons. The van der Waals surface area contributed by atoms with Crippen LogP contribution in [0.4, 0.5) is 5.69 Å². The van der Waals surface area contributed by atoms with Crippen LogP contribution in [0, 0.1) is 0 Å². The Labute approximate surface area is 130 Å². The molecule has 1 aromatic rings. The molecule has 5 heteroatoms. The number of hydrogen-bond donors (Lipinski definition) is 1. The van der Waals surface area contributed by atoms with E-state index in [4.69, 9.17) is 5.73 Å². The van der Waals surface area contributed by atoms with Crippen LogP contribution in [0.3, 0.4) is 0 Å². The molecule has 1 saturated heterocycles. The Morgan fingerprint density at radius 3 is 3.00 bits per heavy atom. The number of amides is 1. The van der Waals surface area contributed by atoms with Gasteiger partial charge in [-0.15, -0.1) is 11.8 Å². The summed E-state index contributed by atoms with van der Waals surface area (Å²) in [5, 5.41) is 0. The number of hydrogen-bond acceptors (Lipinski definition) is 4. The lowest BCUT2D eigenvalue weighted by atomic mass is 9.99. The predicted octanol–water partition coefficient (Wildman–Crippen LogP) is 1.94. The second-order valence-electron chi connectivity index (χ2n) is 5.97. The summed E-state index contributed by atoms with van der Waals surface area (Å²) in [5.74, 6) is 1.19. The Morgan fingerprint density at radius 1 is 1.38 bits per heavy atom. The molecule has 0 aliphatic carbocycles. The Kier molecular flexibility index (Phi) is 4.52. The van der Waals surface area contributed by atoms with Crippen LogP contribution in [0.1, 0.15) is 19.8 Å². The minimum Gasteiger partial charge on any atom is -0.328 e. The maximum Gasteiger partial charge on any atom is 0.241 e. The van der Waals surface area contributed by atoms with Crippen molar-refractivity contribution in [3.63, 3.8) is 0 Å². The van der Waals surface area contributed by atoms with Crippen molar-refractivity contribution < 1.29 is 4.79 Å². The second kappa shape index (κ2) is 6.38. The van der Waals surface area contributed by atoms with Gasteiger partial charge in [0.15, 0.2) is 0 Å². The van der Waals surface area contributed by atoms with Crippen LogP contribution in [0.2, 0.25) is 0 Å². The number of piperidine rings is 1. The predicted molar refractivity (Wildman–Crippen MR) is 87.8 cm³/mol. The van der Waals surface area contributed by atoms with Crippen molar-refractivity contribution in [2.24, 2.45) is 5.73 Å². The monoisotopic (exact) mass is 305 g/mol. The van der Waals surface area contributed by atoms with Gasteiger partial charge in [-0.2, -0.15) is 0 Å². The van der Waals surface area contributed by atoms with E-state index in [1.165, 1.54) is 4.90 Å². The summed E-state index contributed by atoms with van der Waals surface area (Å²) in [7, 11) is 0. The first-order valence-corrected chi connectivity index (χ1v) is 8.65. The van der Waals surface area contributed by atoms with Crippen molar-refractivity contribution in [3.8, 4) is 0 Å². The van der Waals surface area contributed by atoms with E-state index < -0.39 is 0 Å². The van der Waals surface area contributed by atoms with E-state index >= 15 is 0 Å². The average molecular weight is 305 g/mol. The molecule has 0 bridgehead atoms. The van der Waals surface area contributed by atoms with Gasteiger partial charge in [-0.1, -0.05) is 12.1 Å². The lowest BCUT2D eigenvalue weighted by Gasteiger charge is -2.37. The fourth-order valence-electron chi connectivity index (χ4n) is 3.18. The first kappa shape index (κ1) is 14.9. The molecule has 2 N–H and O–H groups in total. The zero-order valence-corrected chi connectivity index (χ0v) is 13.3. The number of fused-ring (bicyclic) bond motifs is 1. The van der Waals surface area contributed by atoms with E-state index in [0.717, 1.165) is 37.4 Å². The molecule has 3 rings (SSSR count). The van der Waals surface area contributed by atoms with Gasteiger partial charge in [-0.05, 0) is 31.9 Å². The largest absolute Gasteiger partial charge is 0.328 e. The number of nitrogens with zero attached hydrogens (tertiary/aromatic N) is 2. The standard InChI is InChI=1S/C16H23N3OS/c1-12-10-13(17)6-7-18(12)11-16(20)19-8-9-21-15-5-3-2-4-14(15)19/h2-5,12-13H,6-11,17H2,1H3. The van der Waals surface area contributed by atoms with Gasteiger partial charge in [0.2, 0.25) is 5.91 Å². The second-order valence-corrected chi connectivity index (χ2v) is 7.10. The first-order chi connectivity index (χ1) is 10.1. The molecular weight excluding hydrogens is 282 g/mol. The fourth-order valence-corrected chi connectivity index (χ4v) is 4.17. The lowest BCUT2D eigenvalue weighted by Crippen LogP contribution is -2.50. The Hall–Kier alpha value is -1.04. The van der Waals surface area contributed by atoms with Gasteiger partial charge in [0.25, 0.3) is 0 Å². The van der Waals surface area contributed by atoms with Gasteiger partial charge < -0.3 is 10.6 Å². The summed E-state index contributed by atoms with van der Waals surface area (Å²) >= 11 is 1.83. The minimum absolute atomic E-state index is 0.213. The van der Waals surface area contributed by atoms with E-state index in [1.54, 1.807) is 0 Å². The van der Waals surface area contributed by atoms with Gasteiger partial charge >= 0.3 is 0 Å². The molecule has 0 spiro atoms. The average Bonchev–Trinajstić information content (AvgIpc) is 2.49. The number of rotatable bonds is 2. The Bertz CT molecular complexity index is 522. The fraction of sp³-hybridized carbons (Fsp3) is 0.562. The van der Waals surface area contributed by atoms with E-state index in [9.17, 15) is 4.79 Å². The molecule has 2 aliphatic heterocycles. The zero-order chi connectivity index (χ0) is 14.8. The molecule has 0 aromatic heterocycles. The topological polar surface area (TPSA) is 49.6 Å². The third-order valence-electron chi connectivity index (χ3n) is 4.42. The Morgan fingerprint density at radius 2 is 2.19 bits per heavy atom. The van der Waals surface area contributed by atoms with Crippen molar-refractivity contribution in [1.29, 1.82) is 0 Å². The summed E-state index contributed by atoms with van der Waals surface area (Å²) < 4.78 is 0. The van der Waals surface area contributed by atoms with Gasteiger partial charge in [0, 0.05) is 35.8 Å². The van der Waals surface area contributed by atoms with Gasteiger partial charge in [0.05, 0.1) is 12.2 Å². The number of carbonyl (C=O) groups excluding carboxylic acids is 1. The number of para-hydroxylation sites is 1. The normalized spacial score (nSPS) is 26.5. The summed E-state index contributed by atoms with van der Waals surface area (Å²) in [6.07, 6.45) is 1.98. The van der Waals surface area contributed by atoms with Crippen LogP contribution in [-0.4, -0.2) is 48.3 Å². The first-order valence-electron chi connectivity index (χ1n) is 7.67. The van der Waals surface area contributed by atoms with Gasteiger partial charge in [-0.25, -0.2) is 0 Å². The van der Waals surface area contributed by atoms with Crippen LogP contribution in [-0.2, 0) is 4.79 Å². The highest BCUT2D eigenvalue weighted by molar-refractivity contribution is 7.99. The molecule has 1 fully saturated rings. The minimum atomic E-state index is 0.213. The van der Waals surface area contributed by atoms with Crippen LogP contribution < -0.4 is 10.6 Å². The molecule has 114 valence electrons. The molecule has 0 saturated carbocycles. The van der Waals surface area contributed by atoms with E-state index in [-0.39, 0.29) is 5.91 Å². The molecule has 2 aliphatic rings. The highest BCUT2D eigenvalue weighted by Gasteiger charge is 2.28. The number of thioether (sulfide) groups is 1. The summed E-state index contributed by atoms with van der Waals surface area (Å²) in [6, 6.07) is 8.88. The van der Waals surface area contributed by atoms with Crippen molar-refractivity contribution in [3.05, 3.63) is 24.3 Å². The molecule has 2 atom stereocenters. The van der Waals surface area contributed by atoms with Crippen molar-refractivity contribution >= 4 is 23.4 Å². The molecule has 2 heterocycles. The summed E-state index contributed by atoms with van der Waals surface area (Å²) in [6.45, 7) is 4.42. The Balaban J connectivity index is 1.69. The lowest BCUT2D eigenvalue weighted by molar-refractivity contribution is -0.120. The SMILES string of the molecule is CC1CC(N)CCN1CC(=O)N1CCSc2ccccc21. The van der Waals surface area contributed by atoms with Crippen molar-refractivity contribution in [2.75, 3.05) is 30.3 Å². The van der Waals surface area contributed by atoms with Crippen LogP contribution >= 0.6 is 11.8 Å². The molecular formula is C16H23N3OS. The smallest absolute Gasteiger partial charge is 0.241 e. The highest BCUT2D eigenvalue weighted by Crippen LogP contribution is 2.34. The molecule has 2 unspecified atom stereocenters. The van der Waals surface area contributed by atoms with E-state index in [0.29, 0.717) is 18.6 Å². The van der Waals surface area contributed by atoms with Crippen LogP contribution in [0.25, 0.3) is 0 Å². The van der Waals surface area contributed by atoms with E-state index in [1.807, 2.05) is 28.8 Å². The number of benzene rings is 1. The summed E-state index contributed by atoms with van der Waals surface area (Å²) in [5.41, 5.74) is 7.07. The molecule has 1 aromatic carbocycles. The van der Waals surface area contributed by atoms with E-state index in [2.05, 4.69) is 24.0 Å². The van der Waals surface area contributed by atoms with Crippen LogP contribution in [0.15, 0.2) is 29.2 Å². The maximum absolute atomic E-state index is 12.7.